The minimum atomic E-state index is -1.06. The van der Waals surface area contributed by atoms with Crippen LogP contribution in [-0.4, -0.2) is 17.6 Å². The molecule has 0 spiro atoms. The largest absolute Gasteiger partial charge is 0.478 e. The highest BCUT2D eigenvalue weighted by atomic mass is 35.5. The number of carboxylic acid groups (broad SMARTS) is 1. The summed E-state index contributed by atoms with van der Waals surface area (Å²) in [5.41, 5.74) is 0.516. The minimum Gasteiger partial charge on any atom is -0.478 e. The Balaban J connectivity index is 3.26. The lowest BCUT2D eigenvalue weighted by molar-refractivity contribution is 0.0697. The highest BCUT2D eigenvalue weighted by Crippen LogP contribution is 2.33. The molecule has 0 saturated heterocycles. The lowest BCUT2D eigenvalue weighted by Crippen LogP contribution is -2.03. The van der Waals surface area contributed by atoms with Crippen LogP contribution < -0.4 is 5.32 Å². The SMILES string of the molecule is CCNc1c(Cl)ccc(C(=O)O)c1Cl. The molecule has 0 amide bonds. The zero-order valence-corrected chi connectivity index (χ0v) is 8.99. The Morgan fingerprint density at radius 1 is 1.50 bits per heavy atom. The number of halogens is 2. The van der Waals surface area contributed by atoms with E-state index in [1.54, 1.807) is 0 Å². The number of anilines is 1. The molecule has 0 bridgehead atoms. The summed E-state index contributed by atoms with van der Waals surface area (Å²) in [6, 6.07) is 2.89. The number of nitrogens with one attached hydrogen (secondary N) is 1. The Morgan fingerprint density at radius 2 is 2.14 bits per heavy atom. The summed E-state index contributed by atoms with van der Waals surface area (Å²) in [6.07, 6.45) is 0. The third kappa shape index (κ3) is 2.11. The molecule has 3 nitrogen and oxygen atoms in total. The van der Waals surface area contributed by atoms with Crippen LogP contribution in [0.25, 0.3) is 0 Å². The summed E-state index contributed by atoms with van der Waals surface area (Å²) in [7, 11) is 0. The molecule has 0 aromatic heterocycles. The number of hydrogen-bond donors (Lipinski definition) is 2. The van der Waals surface area contributed by atoms with Crippen molar-refractivity contribution in [2.24, 2.45) is 0 Å². The normalized spacial score (nSPS) is 9.93. The Kier molecular flexibility index (Phi) is 3.61. The molecule has 5 heteroatoms. The fourth-order valence-corrected chi connectivity index (χ4v) is 1.64. The quantitative estimate of drug-likeness (QED) is 0.844. The van der Waals surface area contributed by atoms with Crippen LogP contribution in [0.3, 0.4) is 0 Å². The summed E-state index contributed by atoms with van der Waals surface area (Å²) in [4.78, 5) is 10.7. The molecule has 0 saturated carbocycles. The summed E-state index contributed by atoms with van der Waals surface area (Å²) < 4.78 is 0. The monoisotopic (exact) mass is 233 g/mol. The zero-order valence-electron chi connectivity index (χ0n) is 7.47. The Labute approximate surface area is 91.6 Å². The van der Waals surface area contributed by atoms with Gasteiger partial charge in [-0.2, -0.15) is 0 Å². The second-order valence-electron chi connectivity index (χ2n) is 2.62. The summed E-state index contributed by atoms with van der Waals surface area (Å²) in [5, 5.41) is 12.3. The molecular weight excluding hydrogens is 225 g/mol. The van der Waals surface area contributed by atoms with Gasteiger partial charge in [0.15, 0.2) is 0 Å². The van der Waals surface area contributed by atoms with E-state index in [1.165, 1.54) is 12.1 Å². The van der Waals surface area contributed by atoms with Crippen LogP contribution in [0.2, 0.25) is 10.0 Å². The topological polar surface area (TPSA) is 49.3 Å². The number of carboxylic acids is 1. The predicted molar refractivity (Wildman–Crippen MR) is 57.6 cm³/mol. The van der Waals surface area contributed by atoms with Crippen molar-refractivity contribution in [3.8, 4) is 0 Å². The van der Waals surface area contributed by atoms with Crippen molar-refractivity contribution in [2.75, 3.05) is 11.9 Å². The summed E-state index contributed by atoms with van der Waals surface area (Å²) in [5.74, 6) is -1.06. The van der Waals surface area contributed by atoms with Gasteiger partial charge >= 0.3 is 5.97 Å². The molecule has 1 aromatic rings. The molecule has 0 aliphatic heterocycles. The van der Waals surface area contributed by atoms with Gasteiger partial charge in [-0.15, -0.1) is 0 Å². The van der Waals surface area contributed by atoms with Crippen molar-refractivity contribution in [1.82, 2.24) is 0 Å². The standard InChI is InChI=1S/C9H9Cl2NO2/c1-2-12-8-6(10)4-3-5(7(8)11)9(13)14/h3-4,12H,2H2,1H3,(H,13,14). The van der Waals surface area contributed by atoms with E-state index < -0.39 is 5.97 Å². The van der Waals surface area contributed by atoms with Crippen molar-refractivity contribution < 1.29 is 9.90 Å². The zero-order chi connectivity index (χ0) is 10.7. The Bertz CT molecular complexity index is 366. The van der Waals surface area contributed by atoms with Gasteiger partial charge in [0.05, 0.1) is 21.3 Å². The van der Waals surface area contributed by atoms with Gasteiger partial charge in [0.2, 0.25) is 0 Å². The number of rotatable bonds is 3. The molecule has 2 N–H and O–H groups in total. The van der Waals surface area contributed by atoms with Crippen LogP contribution in [0, 0.1) is 0 Å². The first kappa shape index (κ1) is 11.1. The number of hydrogen-bond acceptors (Lipinski definition) is 2. The second kappa shape index (κ2) is 4.53. The number of aromatic carboxylic acids is 1. The van der Waals surface area contributed by atoms with Gasteiger partial charge in [0.25, 0.3) is 0 Å². The molecule has 0 radical (unpaired) electrons. The maximum Gasteiger partial charge on any atom is 0.337 e. The number of carbonyl (C=O) groups is 1. The van der Waals surface area contributed by atoms with Crippen LogP contribution in [0.4, 0.5) is 5.69 Å². The molecule has 0 aliphatic rings. The van der Waals surface area contributed by atoms with E-state index in [1.807, 2.05) is 6.92 Å². The molecule has 0 fully saturated rings. The van der Waals surface area contributed by atoms with E-state index in [-0.39, 0.29) is 10.6 Å². The van der Waals surface area contributed by atoms with Gasteiger partial charge in [-0.3, -0.25) is 0 Å². The first-order valence-electron chi connectivity index (χ1n) is 4.03. The average Bonchev–Trinajstić information content (AvgIpc) is 2.11. The van der Waals surface area contributed by atoms with E-state index in [0.29, 0.717) is 17.3 Å². The van der Waals surface area contributed by atoms with Gasteiger partial charge < -0.3 is 10.4 Å². The lowest BCUT2D eigenvalue weighted by Gasteiger charge is -2.09. The molecule has 1 rings (SSSR count). The average molecular weight is 234 g/mol. The first-order chi connectivity index (χ1) is 6.57. The van der Waals surface area contributed by atoms with Crippen molar-refractivity contribution in [3.05, 3.63) is 27.7 Å². The molecule has 14 heavy (non-hydrogen) atoms. The highest BCUT2D eigenvalue weighted by molar-refractivity contribution is 6.40. The Morgan fingerprint density at radius 3 is 2.64 bits per heavy atom. The van der Waals surface area contributed by atoms with Gasteiger partial charge in [-0.1, -0.05) is 23.2 Å². The molecule has 1 aromatic carbocycles. The molecule has 0 unspecified atom stereocenters. The maximum absolute atomic E-state index is 10.7. The molecule has 0 heterocycles. The molecule has 0 atom stereocenters. The Hall–Kier alpha value is -0.930. The second-order valence-corrected chi connectivity index (χ2v) is 3.40. The van der Waals surface area contributed by atoms with E-state index in [2.05, 4.69) is 5.32 Å². The third-order valence-corrected chi connectivity index (χ3v) is 2.38. The van der Waals surface area contributed by atoms with Crippen molar-refractivity contribution in [2.45, 2.75) is 6.92 Å². The van der Waals surface area contributed by atoms with E-state index in [9.17, 15) is 4.79 Å². The fraction of sp³-hybridized carbons (Fsp3) is 0.222. The van der Waals surface area contributed by atoms with Crippen LogP contribution >= 0.6 is 23.2 Å². The van der Waals surface area contributed by atoms with Gasteiger partial charge in [-0.25, -0.2) is 4.79 Å². The van der Waals surface area contributed by atoms with Crippen molar-refractivity contribution in [1.29, 1.82) is 0 Å². The van der Waals surface area contributed by atoms with Crippen LogP contribution in [-0.2, 0) is 0 Å². The molecule has 76 valence electrons. The predicted octanol–water partition coefficient (Wildman–Crippen LogP) is 3.12. The summed E-state index contributed by atoms with van der Waals surface area (Å²) >= 11 is 11.7. The van der Waals surface area contributed by atoms with E-state index >= 15 is 0 Å². The molecular formula is C9H9Cl2NO2. The van der Waals surface area contributed by atoms with Crippen LogP contribution in [0.5, 0.6) is 0 Å². The smallest absolute Gasteiger partial charge is 0.337 e. The van der Waals surface area contributed by atoms with Crippen molar-refractivity contribution in [3.63, 3.8) is 0 Å². The fourth-order valence-electron chi connectivity index (χ4n) is 1.06. The number of benzene rings is 1. The molecule has 0 aliphatic carbocycles. The highest BCUT2D eigenvalue weighted by Gasteiger charge is 2.14. The summed E-state index contributed by atoms with van der Waals surface area (Å²) in [6.45, 7) is 2.50. The van der Waals surface area contributed by atoms with Crippen molar-refractivity contribution >= 4 is 34.9 Å². The van der Waals surface area contributed by atoms with Gasteiger partial charge in [0, 0.05) is 6.54 Å². The first-order valence-corrected chi connectivity index (χ1v) is 4.78. The van der Waals surface area contributed by atoms with Gasteiger partial charge in [0.1, 0.15) is 0 Å². The lowest BCUT2D eigenvalue weighted by atomic mass is 10.2. The maximum atomic E-state index is 10.7. The van der Waals surface area contributed by atoms with E-state index in [0.717, 1.165) is 0 Å². The third-order valence-electron chi connectivity index (χ3n) is 1.68. The van der Waals surface area contributed by atoms with Crippen LogP contribution in [0.15, 0.2) is 12.1 Å². The van der Waals surface area contributed by atoms with Gasteiger partial charge in [-0.05, 0) is 19.1 Å². The van der Waals surface area contributed by atoms with E-state index in [4.69, 9.17) is 28.3 Å². The minimum absolute atomic E-state index is 0.0482. The van der Waals surface area contributed by atoms with Crippen LogP contribution in [0.1, 0.15) is 17.3 Å².